The van der Waals surface area contributed by atoms with Crippen molar-refractivity contribution in [1.82, 2.24) is 0 Å². The van der Waals surface area contributed by atoms with Crippen LogP contribution < -0.4 is 0 Å². The summed E-state index contributed by atoms with van der Waals surface area (Å²) in [6.07, 6.45) is 0. The van der Waals surface area contributed by atoms with E-state index in [0.29, 0.717) is 5.39 Å². The first-order valence-corrected chi connectivity index (χ1v) is 5.31. The van der Waals surface area contributed by atoms with Gasteiger partial charge < -0.3 is 5.11 Å². The number of carboxylic acid groups (broad SMARTS) is 1. The Kier molecular flexibility index (Phi) is 2.28. The van der Waals surface area contributed by atoms with E-state index in [1.807, 2.05) is 0 Å². The second kappa shape index (κ2) is 3.33. The molecule has 0 aliphatic heterocycles. The van der Waals surface area contributed by atoms with Gasteiger partial charge in [-0.15, -0.1) is 11.3 Å². The van der Waals surface area contributed by atoms with Crippen molar-refractivity contribution in [2.24, 2.45) is 0 Å². The van der Waals surface area contributed by atoms with Crippen molar-refractivity contribution in [2.45, 2.75) is 0 Å². The molecule has 0 radical (unpaired) electrons. The zero-order valence-corrected chi connectivity index (χ0v) is 9.15. The van der Waals surface area contributed by atoms with Crippen molar-refractivity contribution in [2.75, 3.05) is 0 Å². The summed E-state index contributed by atoms with van der Waals surface area (Å²) in [5.74, 6) is -1.91. The summed E-state index contributed by atoms with van der Waals surface area (Å²) in [6, 6.07) is 4.47. The lowest BCUT2D eigenvalue weighted by Gasteiger charge is -1.97. The van der Waals surface area contributed by atoms with E-state index in [0.717, 1.165) is 8.49 Å². The maximum absolute atomic E-state index is 13.5. The van der Waals surface area contributed by atoms with E-state index in [1.54, 1.807) is 12.1 Å². The highest BCUT2D eigenvalue weighted by atomic mass is 79.9. The van der Waals surface area contributed by atoms with Gasteiger partial charge in [0.2, 0.25) is 0 Å². The fourth-order valence-electron chi connectivity index (χ4n) is 1.21. The summed E-state index contributed by atoms with van der Waals surface area (Å²) >= 11 is 4.60. The molecule has 0 amide bonds. The van der Waals surface area contributed by atoms with Gasteiger partial charge in [-0.1, -0.05) is 0 Å². The molecule has 2 nitrogen and oxygen atoms in total. The molecule has 72 valence electrons. The maximum atomic E-state index is 13.5. The van der Waals surface area contributed by atoms with Gasteiger partial charge in [0.1, 0.15) is 5.82 Å². The fourth-order valence-corrected chi connectivity index (χ4v) is 2.75. The van der Waals surface area contributed by atoms with Crippen LogP contribution >= 0.6 is 27.3 Å². The van der Waals surface area contributed by atoms with Gasteiger partial charge in [-0.2, -0.15) is 0 Å². The van der Waals surface area contributed by atoms with Crippen molar-refractivity contribution in [3.8, 4) is 0 Å². The topological polar surface area (TPSA) is 37.3 Å². The summed E-state index contributed by atoms with van der Waals surface area (Å²) in [7, 11) is 0. The van der Waals surface area contributed by atoms with E-state index in [4.69, 9.17) is 5.11 Å². The molecule has 1 heterocycles. The number of carboxylic acids is 1. The first-order chi connectivity index (χ1) is 6.59. The minimum absolute atomic E-state index is 0.289. The van der Waals surface area contributed by atoms with Gasteiger partial charge in [0.25, 0.3) is 0 Å². The number of rotatable bonds is 1. The molecule has 0 atom stereocenters. The minimum Gasteiger partial charge on any atom is -0.478 e. The molecule has 0 saturated heterocycles. The van der Waals surface area contributed by atoms with Crippen LogP contribution in [-0.2, 0) is 0 Å². The van der Waals surface area contributed by atoms with Gasteiger partial charge >= 0.3 is 5.97 Å². The Hall–Kier alpha value is -0.940. The third kappa shape index (κ3) is 1.42. The zero-order valence-electron chi connectivity index (χ0n) is 6.75. The molecule has 14 heavy (non-hydrogen) atoms. The van der Waals surface area contributed by atoms with E-state index in [2.05, 4.69) is 15.9 Å². The number of halogens is 2. The molecule has 0 aliphatic rings. The number of benzene rings is 1. The highest BCUT2D eigenvalue weighted by Crippen LogP contribution is 2.32. The average Bonchev–Trinajstić information content (AvgIpc) is 2.46. The van der Waals surface area contributed by atoms with Crippen LogP contribution in [0.4, 0.5) is 4.39 Å². The van der Waals surface area contributed by atoms with E-state index < -0.39 is 11.8 Å². The van der Waals surface area contributed by atoms with Crippen molar-refractivity contribution in [3.05, 3.63) is 33.4 Å². The lowest BCUT2D eigenvalue weighted by atomic mass is 10.1. The smallest absolute Gasteiger partial charge is 0.338 e. The highest BCUT2D eigenvalue weighted by molar-refractivity contribution is 9.11. The second-order valence-electron chi connectivity index (χ2n) is 2.69. The molecular weight excluding hydrogens is 271 g/mol. The fraction of sp³-hybridized carbons (Fsp3) is 0. The Bertz CT molecular complexity index is 521. The van der Waals surface area contributed by atoms with Gasteiger partial charge in [-0.05, 0) is 34.1 Å². The average molecular weight is 275 g/mol. The van der Waals surface area contributed by atoms with Crippen molar-refractivity contribution in [3.63, 3.8) is 0 Å². The zero-order chi connectivity index (χ0) is 10.3. The molecule has 0 spiro atoms. The normalized spacial score (nSPS) is 10.7. The van der Waals surface area contributed by atoms with Crippen LogP contribution in [0.25, 0.3) is 10.1 Å². The van der Waals surface area contributed by atoms with Crippen molar-refractivity contribution >= 4 is 43.3 Å². The van der Waals surface area contributed by atoms with E-state index in [9.17, 15) is 9.18 Å². The molecule has 2 aromatic rings. The summed E-state index contributed by atoms with van der Waals surface area (Å²) in [5.41, 5.74) is -0.289. The van der Waals surface area contributed by atoms with Gasteiger partial charge in [-0.25, -0.2) is 9.18 Å². The number of thiophene rings is 1. The lowest BCUT2D eigenvalue weighted by Crippen LogP contribution is -1.99. The largest absolute Gasteiger partial charge is 0.478 e. The van der Waals surface area contributed by atoms with E-state index in [1.165, 1.54) is 17.4 Å². The number of hydrogen-bond acceptors (Lipinski definition) is 2. The predicted molar refractivity (Wildman–Crippen MR) is 56.4 cm³/mol. The Labute approximate surface area is 91.1 Å². The summed E-state index contributed by atoms with van der Waals surface area (Å²) in [5, 5.41) is 9.03. The summed E-state index contributed by atoms with van der Waals surface area (Å²) < 4.78 is 15.1. The first-order valence-electron chi connectivity index (χ1n) is 3.70. The van der Waals surface area contributed by atoms with Gasteiger partial charge in [0, 0.05) is 10.1 Å². The van der Waals surface area contributed by atoms with E-state index >= 15 is 0 Å². The molecule has 0 saturated carbocycles. The molecule has 0 unspecified atom stereocenters. The van der Waals surface area contributed by atoms with Crippen LogP contribution in [0.15, 0.2) is 22.0 Å². The third-order valence-corrected chi connectivity index (χ3v) is 3.44. The number of aromatic carboxylic acids is 1. The quantitative estimate of drug-likeness (QED) is 0.864. The number of fused-ring (bicyclic) bond motifs is 1. The van der Waals surface area contributed by atoms with Crippen LogP contribution in [0.3, 0.4) is 0 Å². The number of hydrogen-bond donors (Lipinski definition) is 1. The molecular formula is C9H4BrFO2S. The van der Waals surface area contributed by atoms with E-state index in [-0.39, 0.29) is 5.56 Å². The Morgan fingerprint density at radius 3 is 2.86 bits per heavy atom. The molecule has 5 heteroatoms. The molecule has 1 N–H and O–H groups in total. The lowest BCUT2D eigenvalue weighted by molar-refractivity contribution is 0.0692. The second-order valence-corrected chi connectivity index (χ2v) is 5.16. The van der Waals surface area contributed by atoms with Crippen molar-refractivity contribution in [1.29, 1.82) is 0 Å². The SMILES string of the molecule is O=C(O)c1ccc2sc(Br)cc2c1F. The molecule has 0 aliphatic carbocycles. The highest BCUT2D eigenvalue weighted by Gasteiger charge is 2.14. The third-order valence-electron chi connectivity index (χ3n) is 1.84. The van der Waals surface area contributed by atoms with Gasteiger partial charge in [0.15, 0.2) is 0 Å². The molecule has 1 aromatic heterocycles. The van der Waals surface area contributed by atoms with Crippen LogP contribution in [0.2, 0.25) is 0 Å². The van der Waals surface area contributed by atoms with Crippen LogP contribution in [-0.4, -0.2) is 11.1 Å². The Balaban J connectivity index is 2.80. The van der Waals surface area contributed by atoms with Gasteiger partial charge in [0.05, 0.1) is 9.35 Å². The van der Waals surface area contributed by atoms with Crippen LogP contribution in [0.5, 0.6) is 0 Å². The molecule has 1 aromatic carbocycles. The maximum Gasteiger partial charge on any atom is 0.338 e. The Morgan fingerprint density at radius 1 is 1.50 bits per heavy atom. The van der Waals surface area contributed by atoms with Crippen molar-refractivity contribution < 1.29 is 14.3 Å². The standard InChI is InChI=1S/C9H4BrFO2S/c10-7-3-5-6(14-7)2-1-4(8(5)11)9(12)13/h1-3H,(H,12,13). The predicted octanol–water partition coefficient (Wildman–Crippen LogP) is 3.50. The molecule has 2 rings (SSSR count). The number of carbonyl (C=O) groups is 1. The Morgan fingerprint density at radius 2 is 2.21 bits per heavy atom. The summed E-state index contributed by atoms with van der Waals surface area (Å²) in [4.78, 5) is 10.6. The summed E-state index contributed by atoms with van der Waals surface area (Å²) in [6.45, 7) is 0. The molecule has 0 bridgehead atoms. The van der Waals surface area contributed by atoms with Crippen LogP contribution in [0, 0.1) is 5.82 Å². The first kappa shape index (κ1) is 9.61. The van der Waals surface area contributed by atoms with Crippen LogP contribution in [0.1, 0.15) is 10.4 Å². The van der Waals surface area contributed by atoms with Gasteiger partial charge in [-0.3, -0.25) is 0 Å². The monoisotopic (exact) mass is 274 g/mol. The minimum atomic E-state index is -1.24. The molecule has 0 fully saturated rings.